The molecule has 0 aliphatic carbocycles. The molecule has 0 saturated heterocycles. The molecular formula is C13H20N4O. The Bertz CT molecular complexity index is 545. The molecule has 98 valence electrons. The van der Waals surface area contributed by atoms with Gasteiger partial charge in [0, 0.05) is 25.2 Å². The molecule has 0 aliphatic heterocycles. The highest BCUT2D eigenvalue weighted by Gasteiger charge is 2.24. The van der Waals surface area contributed by atoms with Crippen LogP contribution >= 0.6 is 0 Å². The highest BCUT2D eigenvalue weighted by molar-refractivity contribution is 5.71. The summed E-state index contributed by atoms with van der Waals surface area (Å²) in [6.45, 7) is 6.10. The van der Waals surface area contributed by atoms with E-state index in [2.05, 4.69) is 28.4 Å². The summed E-state index contributed by atoms with van der Waals surface area (Å²) in [5.74, 6) is 0.828. The van der Waals surface area contributed by atoms with E-state index in [1.165, 1.54) is 0 Å². The Morgan fingerprint density at radius 2 is 2.22 bits per heavy atom. The van der Waals surface area contributed by atoms with Crippen molar-refractivity contribution in [1.82, 2.24) is 14.5 Å². The van der Waals surface area contributed by atoms with Crippen molar-refractivity contribution in [2.45, 2.75) is 38.8 Å². The zero-order valence-corrected chi connectivity index (χ0v) is 11.1. The Morgan fingerprint density at radius 3 is 2.83 bits per heavy atom. The molecule has 2 rings (SSSR count). The number of hydrogen-bond donors (Lipinski definition) is 2. The van der Waals surface area contributed by atoms with Crippen LogP contribution in [0.3, 0.4) is 0 Å². The number of pyridine rings is 1. The van der Waals surface area contributed by atoms with E-state index in [0.717, 1.165) is 17.0 Å². The molecule has 0 amide bonds. The lowest BCUT2D eigenvalue weighted by atomic mass is 10.0. The fraction of sp³-hybridized carbons (Fsp3) is 0.538. The third-order valence-corrected chi connectivity index (χ3v) is 3.02. The van der Waals surface area contributed by atoms with E-state index in [-0.39, 0.29) is 12.6 Å². The van der Waals surface area contributed by atoms with Crippen LogP contribution < -0.4 is 5.73 Å². The van der Waals surface area contributed by atoms with Gasteiger partial charge in [0.25, 0.3) is 0 Å². The summed E-state index contributed by atoms with van der Waals surface area (Å²) in [6, 6.07) is 4.04. The number of aliphatic hydroxyl groups is 1. The lowest BCUT2D eigenvalue weighted by Crippen LogP contribution is -2.37. The number of nitrogens with zero attached hydrogens (tertiary/aromatic N) is 3. The zero-order valence-electron chi connectivity index (χ0n) is 11.1. The molecule has 18 heavy (non-hydrogen) atoms. The topological polar surface area (TPSA) is 77.0 Å². The maximum atomic E-state index is 10.1. The molecule has 0 aliphatic rings. The minimum Gasteiger partial charge on any atom is -0.388 e. The van der Waals surface area contributed by atoms with Crippen LogP contribution in [0.25, 0.3) is 11.2 Å². The molecule has 2 heterocycles. The molecule has 0 fully saturated rings. The van der Waals surface area contributed by atoms with Gasteiger partial charge in [0.1, 0.15) is 11.3 Å². The summed E-state index contributed by atoms with van der Waals surface area (Å²) in [5, 5.41) is 10.1. The minimum atomic E-state index is -0.936. The summed E-state index contributed by atoms with van der Waals surface area (Å²) in [7, 11) is 0. The van der Waals surface area contributed by atoms with E-state index in [4.69, 9.17) is 5.73 Å². The molecule has 1 atom stereocenters. The monoisotopic (exact) mass is 248 g/mol. The van der Waals surface area contributed by atoms with Crippen LogP contribution in [0.1, 0.15) is 32.6 Å². The van der Waals surface area contributed by atoms with Crippen molar-refractivity contribution < 1.29 is 5.11 Å². The quantitative estimate of drug-likeness (QED) is 0.854. The van der Waals surface area contributed by atoms with Crippen molar-refractivity contribution in [1.29, 1.82) is 0 Å². The third kappa shape index (κ3) is 2.37. The molecule has 0 radical (unpaired) electrons. The number of rotatable bonds is 4. The lowest BCUT2D eigenvalue weighted by molar-refractivity contribution is 0.0665. The Hall–Kier alpha value is -1.46. The van der Waals surface area contributed by atoms with Crippen LogP contribution in [0.4, 0.5) is 0 Å². The first-order valence-corrected chi connectivity index (χ1v) is 6.19. The number of imidazole rings is 1. The minimum absolute atomic E-state index is 0.210. The predicted octanol–water partition coefficient (Wildman–Crippen LogP) is 1.26. The van der Waals surface area contributed by atoms with Crippen LogP contribution in [0, 0.1) is 0 Å². The Morgan fingerprint density at radius 1 is 1.50 bits per heavy atom. The molecule has 0 spiro atoms. The van der Waals surface area contributed by atoms with Crippen LogP contribution in [-0.4, -0.2) is 31.8 Å². The van der Waals surface area contributed by atoms with Gasteiger partial charge in [-0.05, 0) is 32.9 Å². The first kappa shape index (κ1) is 13.0. The van der Waals surface area contributed by atoms with Crippen LogP contribution in [0.15, 0.2) is 18.3 Å². The molecule has 3 N–H and O–H groups in total. The van der Waals surface area contributed by atoms with Crippen molar-refractivity contribution in [2.75, 3.05) is 6.54 Å². The van der Waals surface area contributed by atoms with Crippen molar-refractivity contribution in [3.63, 3.8) is 0 Å². The Balaban J connectivity index is 2.53. The molecule has 2 aromatic rings. The van der Waals surface area contributed by atoms with Crippen molar-refractivity contribution in [3.05, 3.63) is 24.2 Å². The number of aromatic nitrogens is 3. The van der Waals surface area contributed by atoms with Crippen molar-refractivity contribution in [3.8, 4) is 0 Å². The van der Waals surface area contributed by atoms with Gasteiger partial charge in [-0.3, -0.25) is 0 Å². The van der Waals surface area contributed by atoms with Gasteiger partial charge in [-0.2, -0.15) is 0 Å². The highest BCUT2D eigenvalue weighted by atomic mass is 16.3. The molecule has 5 heteroatoms. The van der Waals surface area contributed by atoms with Gasteiger partial charge in [-0.15, -0.1) is 0 Å². The summed E-state index contributed by atoms with van der Waals surface area (Å²) < 4.78 is 2.06. The number of fused-ring (bicyclic) bond motifs is 1. The largest absolute Gasteiger partial charge is 0.388 e. The summed E-state index contributed by atoms with van der Waals surface area (Å²) in [5.41, 5.74) is 6.35. The van der Waals surface area contributed by atoms with Gasteiger partial charge >= 0.3 is 0 Å². The second kappa shape index (κ2) is 4.66. The normalized spacial score (nSPS) is 15.2. The Labute approximate surface area is 107 Å². The summed E-state index contributed by atoms with van der Waals surface area (Å²) >= 11 is 0. The summed E-state index contributed by atoms with van der Waals surface area (Å²) in [4.78, 5) is 8.92. The van der Waals surface area contributed by atoms with Gasteiger partial charge in [0.15, 0.2) is 5.65 Å². The standard InChI is InChI=1S/C13H20N4O/c1-9(2)17-11(7-13(3,18)8-14)16-10-5-4-6-15-12(10)17/h4-6,9,18H,7-8,14H2,1-3H3. The molecule has 2 aromatic heterocycles. The van der Waals surface area contributed by atoms with Crippen molar-refractivity contribution >= 4 is 11.2 Å². The second-order valence-corrected chi connectivity index (χ2v) is 5.22. The lowest BCUT2D eigenvalue weighted by Gasteiger charge is -2.22. The van der Waals surface area contributed by atoms with Gasteiger partial charge in [0.2, 0.25) is 0 Å². The SMILES string of the molecule is CC(C)n1c(CC(C)(O)CN)nc2cccnc21. The third-order valence-electron chi connectivity index (χ3n) is 3.02. The van der Waals surface area contributed by atoms with E-state index >= 15 is 0 Å². The number of nitrogens with two attached hydrogens (primary N) is 1. The van der Waals surface area contributed by atoms with Gasteiger partial charge in [-0.1, -0.05) is 0 Å². The van der Waals surface area contributed by atoms with Crippen molar-refractivity contribution in [2.24, 2.45) is 5.73 Å². The van der Waals surface area contributed by atoms with E-state index < -0.39 is 5.60 Å². The second-order valence-electron chi connectivity index (χ2n) is 5.22. The molecule has 1 unspecified atom stereocenters. The van der Waals surface area contributed by atoms with E-state index in [9.17, 15) is 5.11 Å². The predicted molar refractivity (Wildman–Crippen MR) is 71.3 cm³/mol. The molecular weight excluding hydrogens is 228 g/mol. The van der Waals surface area contributed by atoms with Crippen LogP contribution in [-0.2, 0) is 6.42 Å². The van der Waals surface area contributed by atoms with Crippen LogP contribution in [0.2, 0.25) is 0 Å². The highest BCUT2D eigenvalue weighted by Crippen LogP contribution is 2.22. The average molecular weight is 248 g/mol. The maximum Gasteiger partial charge on any atom is 0.160 e. The number of hydrogen-bond acceptors (Lipinski definition) is 4. The van der Waals surface area contributed by atoms with Crippen LogP contribution in [0.5, 0.6) is 0 Å². The van der Waals surface area contributed by atoms with Gasteiger partial charge in [-0.25, -0.2) is 9.97 Å². The van der Waals surface area contributed by atoms with Gasteiger partial charge < -0.3 is 15.4 Å². The first-order chi connectivity index (χ1) is 8.44. The molecule has 5 nitrogen and oxygen atoms in total. The molecule has 0 aromatic carbocycles. The van der Waals surface area contributed by atoms with E-state index in [1.807, 2.05) is 12.1 Å². The molecule has 0 bridgehead atoms. The zero-order chi connectivity index (χ0) is 13.3. The Kier molecular flexibility index (Phi) is 3.36. The average Bonchev–Trinajstić information content (AvgIpc) is 2.65. The fourth-order valence-electron chi connectivity index (χ4n) is 2.06. The smallest absolute Gasteiger partial charge is 0.160 e. The van der Waals surface area contributed by atoms with E-state index in [1.54, 1.807) is 13.1 Å². The first-order valence-electron chi connectivity index (χ1n) is 6.19. The van der Waals surface area contributed by atoms with Gasteiger partial charge in [0.05, 0.1) is 5.60 Å². The van der Waals surface area contributed by atoms with E-state index in [0.29, 0.717) is 6.42 Å². The molecule has 0 saturated carbocycles. The maximum absolute atomic E-state index is 10.1. The fourth-order valence-corrected chi connectivity index (χ4v) is 2.06. The summed E-state index contributed by atoms with van der Waals surface area (Å²) in [6.07, 6.45) is 2.19.